The number of rotatable bonds is 8. The van der Waals surface area contributed by atoms with Crippen molar-refractivity contribution in [2.75, 3.05) is 14.2 Å². The number of ether oxygens (including phenoxy) is 3. The van der Waals surface area contributed by atoms with Crippen molar-refractivity contribution in [3.63, 3.8) is 0 Å². The zero-order valence-electron chi connectivity index (χ0n) is 17.4. The summed E-state index contributed by atoms with van der Waals surface area (Å²) in [5, 5.41) is 0. The second-order valence-corrected chi connectivity index (χ2v) is 6.20. The number of allylic oxidation sites excluding steroid dienone is 2. The van der Waals surface area contributed by atoms with Crippen LogP contribution in [0, 0.1) is 13.8 Å². The van der Waals surface area contributed by atoms with Crippen molar-refractivity contribution >= 4 is 18.3 Å². The highest BCUT2D eigenvalue weighted by molar-refractivity contribution is 6.02. The molecule has 0 amide bonds. The van der Waals surface area contributed by atoms with E-state index in [0.717, 1.165) is 22.4 Å². The SMILES string of the molecule is C=C/C=C(/Oc1cc(OC)cc(C(N=C)=NC=C)c1)c1cc(OC)c(C)cc1C. The van der Waals surface area contributed by atoms with Crippen molar-refractivity contribution in [2.24, 2.45) is 9.98 Å². The first-order valence-corrected chi connectivity index (χ1v) is 8.98. The first-order chi connectivity index (χ1) is 14.0. The minimum atomic E-state index is 0.422. The molecule has 0 atom stereocenters. The van der Waals surface area contributed by atoms with Crippen LogP contribution in [0.25, 0.3) is 5.76 Å². The largest absolute Gasteiger partial charge is 0.497 e. The second kappa shape index (κ2) is 10.1. The van der Waals surface area contributed by atoms with E-state index in [0.29, 0.717) is 28.7 Å². The van der Waals surface area contributed by atoms with Crippen LogP contribution in [0.1, 0.15) is 22.3 Å². The fraction of sp³-hybridized carbons (Fsp3) is 0.167. The summed E-state index contributed by atoms with van der Waals surface area (Å²) in [5.74, 6) is 3.00. The fourth-order valence-corrected chi connectivity index (χ4v) is 2.90. The lowest BCUT2D eigenvalue weighted by Crippen LogP contribution is -2.02. The zero-order valence-corrected chi connectivity index (χ0v) is 17.4. The smallest absolute Gasteiger partial charge is 0.158 e. The molecule has 0 unspecified atom stereocenters. The number of aryl methyl sites for hydroxylation is 2. The molecule has 2 aromatic carbocycles. The molecular weight excluding hydrogens is 364 g/mol. The van der Waals surface area contributed by atoms with E-state index in [1.165, 1.54) is 6.20 Å². The molecule has 0 N–H and O–H groups in total. The molecule has 2 rings (SSSR count). The van der Waals surface area contributed by atoms with E-state index in [1.54, 1.807) is 38.5 Å². The molecule has 0 fully saturated rings. The highest BCUT2D eigenvalue weighted by atomic mass is 16.5. The summed E-state index contributed by atoms with van der Waals surface area (Å²) in [6, 6.07) is 9.42. The lowest BCUT2D eigenvalue weighted by molar-refractivity contribution is 0.409. The summed E-state index contributed by atoms with van der Waals surface area (Å²) in [4.78, 5) is 8.10. The standard InChI is InChI=1S/C24H26N2O3/c1-8-10-22(21-15-23(28-7)17(4)11-16(21)3)29-20-13-18(12-19(14-20)27-6)24(25-5)26-9-2/h8-15H,1-2,5H2,3-4,6-7H3/b22-10+,26-24?. The Morgan fingerprint density at radius 2 is 1.66 bits per heavy atom. The average molecular weight is 390 g/mol. The van der Waals surface area contributed by atoms with Gasteiger partial charge in [0, 0.05) is 23.4 Å². The van der Waals surface area contributed by atoms with Gasteiger partial charge in [-0.1, -0.05) is 25.3 Å². The van der Waals surface area contributed by atoms with Crippen LogP contribution in [0.3, 0.4) is 0 Å². The van der Waals surface area contributed by atoms with Crippen LogP contribution in [0.15, 0.2) is 71.8 Å². The zero-order chi connectivity index (χ0) is 21.4. The van der Waals surface area contributed by atoms with Crippen LogP contribution in [0.5, 0.6) is 17.2 Å². The summed E-state index contributed by atoms with van der Waals surface area (Å²) in [5.41, 5.74) is 3.71. The van der Waals surface area contributed by atoms with E-state index < -0.39 is 0 Å². The van der Waals surface area contributed by atoms with Crippen molar-refractivity contribution in [1.29, 1.82) is 0 Å². The summed E-state index contributed by atoms with van der Waals surface area (Å²) in [7, 11) is 3.24. The van der Waals surface area contributed by atoms with Crippen LogP contribution < -0.4 is 14.2 Å². The summed E-state index contributed by atoms with van der Waals surface area (Å²) in [6.07, 6.45) is 4.90. The summed E-state index contributed by atoms with van der Waals surface area (Å²) in [6.45, 7) is 15.0. The Morgan fingerprint density at radius 1 is 0.931 bits per heavy atom. The van der Waals surface area contributed by atoms with E-state index in [1.807, 2.05) is 26.0 Å². The Bertz CT molecular complexity index is 988. The first kappa shape index (κ1) is 21.7. The van der Waals surface area contributed by atoms with Gasteiger partial charge in [0.15, 0.2) is 5.84 Å². The van der Waals surface area contributed by atoms with Gasteiger partial charge in [-0.25, -0.2) is 9.98 Å². The maximum atomic E-state index is 6.23. The van der Waals surface area contributed by atoms with Gasteiger partial charge in [0.2, 0.25) is 0 Å². The highest BCUT2D eigenvalue weighted by Crippen LogP contribution is 2.32. The monoisotopic (exact) mass is 390 g/mol. The van der Waals surface area contributed by atoms with Crippen LogP contribution >= 0.6 is 0 Å². The molecule has 0 saturated carbocycles. The molecule has 0 saturated heterocycles. The molecule has 0 aromatic heterocycles. The maximum Gasteiger partial charge on any atom is 0.158 e. The molecule has 0 aliphatic carbocycles. The second-order valence-electron chi connectivity index (χ2n) is 6.20. The molecule has 0 bridgehead atoms. The number of methoxy groups -OCH3 is 2. The molecule has 0 aliphatic heterocycles. The van der Waals surface area contributed by atoms with Gasteiger partial charge in [-0.15, -0.1) is 0 Å². The molecule has 0 aliphatic rings. The van der Waals surface area contributed by atoms with E-state index in [9.17, 15) is 0 Å². The lowest BCUT2D eigenvalue weighted by atomic mass is 10.0. The molecule has 150 valence electrons. The van der Waals surface area contributed by atoms with Gasteiger partial charge in [0.25, 0.3) is 0 Å². The third-order valence-electron chi connectivity index (χ3n) is 4.24. The quantitative estimate of drug-likeness (QED) is 0.258. The molecule has 2 aromatic rings. The molecule has 5 nitrogen and oxygen atoms in total. The van der Waals surface area contributed by atoms with Crippen molar-refractivity contribution in [1.82, 2.24) is 0 Å². The maximum absolute atomic E-state index is 6.23. The number of benzene rings is 2. The fourth-order valence-electron chi connectivity index (χ4n) is 2.90. The molecule has 5 heteroatoms. The minimum absolute atomic E-state index is 0.422. The molecule has 0 spiro atoms. The summed E-state index contributed by atoms with van der Waals surface area (Å²) >= 11 is 0. The van der Waals surface area contributed by atoms with E-state index in [-0.39, 0.29) is 0 Å². The van der Waals surface area contributed by atoms with Gasteiger partial charge < -0.3 is 14.2 Å². The summed E-state index contributed by atoms with van der Waals surface area (Å²) < 4.78 is 17.1. The van der Waals surface area contributed by atoms with Gasteiger partial charge >= 0.3 is 0 Å². The number of nitrogens with zero attached hydrogens (tertiary/aromatic N) is 2. The van der Waals surface area contributed by atoms with Crippen molar-refractivity contribution < 1.29 is 14.2 Å². The van der Waals surface area contributed by atoms with Crippen LogP contribution in [-0.4, -0.2) is 26.8 Å². The number of hydrogen-bond acceptors (Lipinski definition) is 4. The van der Waals surface area contributed by atoms with E-state index in [2.05, 4.69) is 35.9 Å². The van der Waals surface area contributed by atoms with Gasteiger partial charge in [0.05, 0.1) is 14.2 Å². The average Bonchev–Trinajstić information content (AvgIpc) is 2.71. The van der Waals surface area contributed by atoms with Crippen LogP contribution in [-0.2, 0) is 0 Å². The van der Waals surface area contributed by atoms with Crippen LogP contribution in [0.2, 0.25) is 0 Å². The molecule has 0 radical (unpaired) electrons. The Hall–Kier alpha value is -3.60. The van der Waals surface area contributed by atoms with Crippen molar-refractivity contribution in [3.05, 3.63) is 84.1 Å². The van der Waals surface area contributed by atoms with E-state index >= 15 is 0 Å². The molecular formula is C24H26N2O3. The Labute approximate surface area is 172 Å². The van der Waals surface area contributed by atoms with Crippen molar-refractivity contribution in [3.8, 4) is 17.2 Å². The molecule has 0 heterocycles. The normalized spacial score (nSPS) is 11.6. The predicted molar refractivity (Wildman–Crippen MR) is 121 cm³/mol. The first-order valence-electron chi connectivity index (χ1n) is 8.98. The predicted octanol–water partition coefficient (Wildman–Crippen LogP) is 5.52. The Balaban J connectivity index is 2.56. The van der Waals surface area contributed by atoms with Gasteiger partial charge in [-0.3, -0.25) is 0 Å². The number of amidine groups is 1. The van der Waals surface area contributed by atoms with Gasteiger partial charge in [-0.2, -0.15) is 0 Å². The highest BCUT2D eigenvalue weighted by Gasteiger charge is 2.14. The number of aliphatic imine (C=N–C) groups is 2. The topological polar surface area (TPSA) is 52.4 Å². The van der Waals surface area contributed by atoms with Gasteiger partial charge in [-0.05, 0) is 56.0 Å². The Kier molecular flexibility index (Phi) is 7.54. The van der Waals surface area contributed by atoms with E-state index in [4.69, 9.17) is 14.2 Å². The third-order valence-corrected chi connectivity index (χ3v) is 4.24. The minimum Gasteiger partial charge on any atom is -0.497 e. The van der Waals surface area contributed by atoms with Crippen molar-refractivity contribution in [2.45, 2.75) is 13.8 Å². The Morgan fingerprint density at radius 3 is 2.24 bits per heavy atom. The molecule has 29 heavy (non-hydrogen) atoms. The third kappa shape index (κ3) is 5.23. The number of hydrogen-bond donors (Lipinski definition) is 0. The van der Waals surface area contributed by atoms with Crippen LogP contribution in [0.4, 0.5) is 0 Å². The van der Waals surface area contributed by atoms with Gasteiger partial charge in [0.1, 0.15) is 23.0 Å². The lowest BCUT2D eigenvalue weighted by Gasteiger charge is -2.16.